The SMILES string of the molecule is CC1=Cc2c(-c3ccc(C(C)(C)C)cc3)ccc(C)c2[CH]1[Zr]([Cl])([Cl])([CH]1C(C(C)C)=Cc2c(-c3ccccc3C)cccc21)[SiH](C)C. The van der Waals surface area contributed by atoms with Gasteiger partial charge in [-0.2, -0.15) is 0 Å². The molecule has 0 aliphatic heterocycles. The van der Waals surface area contributed by atoms with E-state index < -0.39 is 21.5 Å². The van der Waals surface area contributed by atoms with E-state index in [2.05, 4.69) is 159 Å². The van der Waals surface area contributed by atoms with E-state index in [0.717, 1.165) is 0 Å². The van der Waals surface area contributed by atoms with Crippen LogP contribution in [0.2, 0.25) is 13.1 Å². The van der Waals surface area contributed by atoms with Crippen LogP contribution in [0, 0.1) is 19.8 Å². The third-order valence-corrected chi connectivity index (χ3v) is 63.0. The van der Waals surface area contributed by atoms with Crippen LogP contribution in [0.15, 0.2) is 90.0 Å². The van der Waals surface area contributed by atoms with E-state index in [4.69, 9.17) is 17.0 Å². The first kappa shape index (κ1) is 33.9. The molecule has 0 spiro atoms. The first-order valence-electron chi connectivity index (χ1n) is 17.0. The molecule has 0 saturated carbocycles. The Balaban J connectivity index is 1.58. The zero-order valence-electron chi connectivity index (χ0n) is 29.2. The number of hydrogen-bond donors (Lipinski definition) is 0. The topological polar surface area (TPSA) is 0 Å². The summed E-state index contributed by atoms with van der Waals surface area (Å²) in [5, 5.41) is 0. The minimum atomic E-state index is -4.83. The van der Waals surface area contributed by atoms with Crippen LogP contribution in [-0.2, 0) is 21.0 Å². The van der Waals surface area contributed by atoms with Gasteiger partial charge in [0, 0.05) is 0 Å². The number of aryl methyl sites for hydroxylation is 2. The summed E-state index contributed by atoms with van der Waals surface area (Å²) in [7, 11) is 17.3. The van der Waals surface area contributed by atoms with E-state index in [1.807, 2.05) is 0 Å². The minimum absolute atomic E-state index is 0.0838. The standard InChI is InChI=1S/C21H23.C19H19.C2H7Si.2ClH.Zr/c1-14-12-19-15(2)6-11-18(20(19)13-14)16-7-9-17(10-8-16)21(3,4)5;1-13(2)16-11-15-8-6-10-18(19(15)12-16)17-9-5-4-7-14(17)3;1-3-2;;;/h6-13H,1-5H3;4-13H,1-3H3;3H,1-2H3;2*1H;/q;;;;;+2/p-2. The second-order valence-corrected chi connectivity index (χ2v) is 58.1. The normalized spacial score (nSPS) is 18.7. The Morgan fingerprint density at radius 1 is 0.674 bits per heavy atom. The van der Waals surface area contributed by atoms with Gasteiger partial charge in [0.1, 0.15) is 0 Å². The number of hydrogen-bond acceptors (Lipinski definition) is 0. The molecule has 2 atom stereocenters. The quantitative estimate of drug-likeness (QED) is 0.173. The average molecular weight is 744 g/mol. The van der Waals surface area contributed by atoms with Crippen LogP contribution in [-0.4, -0.2) is 5.92 Å². The molecule has 0 amide bonds. The van der Waals surface area contributed by atoms with Crippen molar-refractivity contribution in [3.8, 4) is 22.3 Å². The Morgan fingerprint density at radius 2 is 1.33 bits per heavy atom. The van der Waals surface area contributed by atoms with Crippen LogP contribution >= 0.6 is 17.0 Å². The van der Waals surface area contributed by atoms with Crippen molar-refractivity contribution in [2.75, 3.05) is 0 Å². The van der Waals surface area contributed by atoms with Crippen molar-refractivity contribution in [3.63, 3.8) is 0 Å². The third-order valence-electron chi connectivity index (χ3n) is 11.1. The zero-order chi connectivity index (χ0) is 33.4. The molecular weight excluding hydrogens is 695 g/mol. The van der Waals surface area contributed by atoms with Gasteiger partial charge in [0.2, 0.25) is 0 Å². The molecule has 4 aromatic rings. The summed E-state index contributed by atoms with van der Waals surface area (Å²) in [5.74, 6) is -1.29. The number of rotatable bonds is 6. The molecule has 2 unspecified atom stereocenters. The van der Waals surface area contributed by atoms with Crippen molar-refractivity contribution < 1.29 is 15.6 Å². The number of fused-ring (bicyclic) bond motifs is 2. The molecule has 0 heterocycles. The van der Waals surface area contributed by atoms with Gasteiger partial charge >= 0.3 is 289 Å². The average Bonchev–Trinajstić information content (AvgIpc) is 3.58. The molecule has 0 fully saturated rings. The Kier molecular flexibility index (Phi) is 8.76. The van der Waals surface area contributed by atoms with Crippen LogP contribution in [0.4, 0.5) is 0 Å². The summed E-state index contributed by atoms with van der Waals surface area (Å²) < 4.78 is 0.171. The molecule has 0 nitrogen and oxygen atoms in total. The predicted molar refractivity (Wildman–Crippen MR) is 204 cm³/mol. The van der Waals surface area contributed by atoms with Crippen molar-refractivity contribution in [2.45, 2.75) is 81.2 Å². The van der Waals surface area contributed by atoms with Crippen LogP contribution in [0.3, 0.4) is 0 Å². The second kappa shape index (κ2) is 11.9. The van der Waals surface area contributed by atoms with Crippen molar-refractivity contribution in [3.05, 3.63) is 129 Å². The summed E-state index contributed by atoms with van der Waals surface area (Å²) in [4.78, 5) is 0. The van der Waals surface area contributed by atoms with Gasteiger partial charge in [-0.15, -0.1) is 0 Å². The van der Waals surface area contributed by atoms with E-state index in [1.54, 1.807) is 0 Å². The van der Waals surface area contributed by atoms with Gasteiger partial charge in [0.05, 0.1) is 0 Å². The Morgan fingerprint density at radius 3 is 1.93 bits per heavy atom. The summed E-state index contributed by atoms with van der Waals surface area (Å²) in [6.07, 6.45) is 4.92. The molecule has 0 radical (unpaired) electrons. The molecule has 6 rings (SSSR count). The van der Waals surface area contributed by atoms with Gasteiger partial charge in [-0.25, -0.2) is 0 Å². The van der Waals surface area contributed by atoms with E-state index in [9.17, 15) is 0 Å². The van der Waals surface area contributed by atoms with E-state index >= 15 is 0 Å². The van der Waals surface area contributed by atoms with Crippen LogP contribution < -0.4 is 0 Å². The van der Waals surface area contributed by atoms with Crippen LogP contribution in [0.25, 0.3) is 34.4 Å². The van der Waals surface area contributed by atoms with Crippen molar-refractivity contribution >= 4 is 35.1 Å². The molecule has 4 heteroatoms. The summed E-state index contributed by atoms with van der Waals surface area (Å²) >= 11 is -4.83. The van der Waals surface area contributed by atoms with E-state index in [1.165, 1.54) is 72.3 Å². The molecule has 0 saturated heterocycles. The van der Waals surface area contributed by atoms with E-state index in [-0.39, 0.29) is 12.7 Å². The fraction of sp³-hybridized carbons (Fsp3) is 0.333. The molecule has 4 aromatic carbocycles. The third kappa shape index (κ3) is 5.26. The summed E-state index contributed by atoms with van der Waals surface area (Å²) in [6, 6.07) is 29.4. The number of benzene rings is 4. The van der Waals surface area contributed by atoms with Crippen LogP contribution in [0.1, 0.15) is 87.7 Å². The van der Waals surface area contributed by atoms with Gasteiger partial charge in [-0.3, -0.25) is 0 Å². The van der Waals surface area contributed by atoms with Crippen molar-refractivity contribution in [1.29, 1.82) is 0 Å². The molecular formula is C42H49Cl2SiZr. The van der Waals surface area contributed by atoms with Crippen molar-refractivity contribution in [2.24, 2.45) is 5.92 Å². The number of halogens is 2. The Labute approximate surface area is 286 Å². The van der Waals surface area contributed by atoms with E-state index in [0.29, 0.717) is 5.92 Å². The molecule has 2 aliphatic carbocycles. The van der Waals surface area contributed by atoms with Crippen LogP contribution in [0.5, 0.6) is 0 Å². The summed E-state index contributed by atoms with van der Waals surface area (Å²) in [6.45, 7) is 23.2. The molecule has 46 heavy (non-hydrogen) atoms. The molecule has 2 aliphatic rings. The first-order valence-corrected chi connectivity index (χ1v) is 33.3. The Hall–Kier alpha value is -1.96. The van der Waals surface area contributed by atoms with Gasteiger partial charge in [0.15, 0.2) is 0 Å². The van der Waals surface area contributed by atoms with Gasteiger partial charge in [0.25, 0.3) is 0 Å². The maximum absolute atomic E-state index is 8.66. The van der Waals surface area contributed by atoms with Gasteiger partial charge < -0.3 is 0 Å². The zero-order valence-corrected chi connectivity index (χ0v) is 34.4. The predicted octanol–water partition coefficient (Wildman–Crippen LogP) is 13.2. The fourth-order valence-corrected chi connectivity index (χ4v) is 40.7. The number of allylic oxidation sites excluding steroid dienone is 2. The summed E-state index contributed by atoms with van der Waals surface area (Å²) in [5.41, 5.74) is 17.4. The molecule has 0 aromatic heterocycles. The Bertz CT molecular complexity index is 1900. The molecule has 239 valence electrons. The van der Waals surface area contributed by atoms with Gasteiger partial charge in [-0.05, 0) is 0 Å². The molecule has 0 N–H and O–H groups in total. The first-order chi connectivity index (χ1) is 21.5. The van der Waals surface area contributed by atoms with Gasteiger partial charge in [-0.1, -0.05) is 0 Å². The fourth-order valence-electron chi connectivity index (χ4n) is 8.42. The molecule has 0 bridgehead atoms. The monoisotopic (exact) mass is 741 g/mol. The van der Waals surface area contributed by atoms with Crippen molar-refractivity contribution in [1.82, 2.24) is 0 Å². The second-order valence-electron chi connectivity index (χ2n) is 15.6. The maximum atomic E-state index is 8.66.